The number of nitrogens with one attached hydrogen (secondary N) is 2. The molecule has 4 aromatic rings. The van der Waals surface area contributed by atoms with Gasteiger partial charge in [0.2, 0.25) is 12.3 Å². The van der Waals surface area contributed by atoms with E-state index >= 15 is 0 Å². The summed E-state index contributed by atoms with van der Waals surface area (Å²) in [6.45, 7) is 1.93. The zero-order chi connectivity index (χ0) is 17.4. The molecule has 2 aromatic heterocycles. The molecule has 0 aliphatic carbocycles. The number of nitrogens with zero attached hydrogens (tertiary/aromatic N) is 2. The van der Waals surface area contributed by atoms with Crippen LogP contribution >= 0.6 is 15.9 Å². The van der Waals surface area contributed by atoms with Gasteiger partial charge >= 0.3 is 0 Å². The summed E-state index contributed by atoms with van der Waals surface area (Å²) in [7, 11) is 0. The number of fused-ring (bicyclic) bond motifs is 1. The topological polar surface area (TPSA) is 83.8 Å². The molecular weight excluding hydrogens is 384 g/mol. The fourth-order valence-electron chi connectivity index (χ4n) is 2.60. The van der Waals surface area contributed by atoms with Gasteiger partial charge in [-0.05, 0) is 42.8 Å². The van der Waals surface area contributed by atoms with Crippen LogP contribution in [0.2, 0.25) is 0 Å². The number of hydrogen-bond donors (Lipinski definition) is 2. The van der Waals surface area contributed by atoms with E-state index in [1.165, 1.54) is 6.39 Å². The van der Waals surface area contributed by atoms with Gasteiger partial charge in [0.1, 0.15) is 5.69 Å². The van der Waals surface area contributed by atoms with Crippen molar-refractivity contribution in [1.29, 1.82) is 0 Å². The second-order valence-corrected chi connectivity index (χ2v) is 6.56. The molecule has 4 rings (SSSR count). The van der Waals surface area contributed by atoms with Crippen molar-refractivity contribution in [2.75, 3.05) is 5.32 Å². The number of aryl methyl sites for hydroxylation is 1. The number of carbonyl (C=O) groups is 1. The molecule has 0 fully saturated rings. The zero-order valence-corrected chi connectivity index (χ0v) is 14.8. The number of anilines is 1. The first-order chi connectivity index (χ1) is 12.1. The highest BCUT2D eigenvalue weighted by Crippen LogP contribution is 2.25. The minimum absolute atomic E-state index is 0.210. The number of hydrogen-bond acceptors (Lipinski definition) is 4. The number of aromatic nitrogens is 3. The number of halogens is 1. The minimum atomic E-state index is -0.210. The van der Waals surface area contributed by atoms with E-state index < -0.39 is 0 Å². The van der Waals surface area contributed by atoms with Crippen molar-refractivity contribution >= 4 is 38.4 Å². The van der Waals surface area contributed by atoms with Gasteiger partial charge in [-0.2, -0.15) is 0 Å². The van der Waals surface area contributed by atoms with Gasteiger partial charge in [0.15, 0.2) is 0 Å². The maximum atomic E-state index is 12.6. The van der Waals surface area contributed by atoms with Crippen LogP contribution in [-0.4, -0.2) is 21.1 Å². The van der Waals surface area contributed by atoms with Crippen molar-refractivity contribution in [3.05, 3.63) is 64.6 Å². The summed E-state index contributed by atoms with van der Waals surface area (Å²) in [5.41, 5.74) is 3.78. The average Bonchev–Trinajstić information content (AvgIpc) is 3.25. The first-order valence-corrected chi connectivity index (χ1v) is 8.36. The molecule has 2 heterocycles. The van der Waals surface area contributed by atoms with Crippen LogP contribution in [0.3, 0.4) is 0 Å². The molecular formula is C18H13BrN4O2. The van der Waals surface area contributed by atoms with Gasteiger partial charge < -0.3 is 14.7 Å². The molecule has 0 saturated heterocycles. The van der Waals surface area contributed by atoms with E-state index in [1.807, 2.05) is 49.4 Å². The molecule has 0 unspecified atom stereocenters. The van der Waals surface area contributed by atoms with Gasteiger partial charge in [0.25, 0.3) is 5.91 Å². The predicted octanol–water partition coefficient (Wildman–Crippen LogP) is 4.54. The minimum Gasteiger partial charge on any atom is -0.423 e. The van der Waals surface area contributed by atoms with Crippen molar-refractivity contribution in [3.8, 4) is 11.5 Å². The standard InChI is InChI=1S/C18H13BrN4O2/c1-10-2-3-12(18-23-20-9-25-18)7-14(10)22-17(24)16-6-11-4-5-13(19)8-15(11)21-16/h2-9,21H,1H3,(H,22,24). The molecule has 0 bridgehead atoms. The number of benzene rings is 2. The van der Waals surface area contributed by atoms with E-state index in [1.54, 1.807) is 0 Å². The lowest BCUT2D eigenvalue weighted by Crippen LogP contribution is -2.13. The molecule has 25 heavy (non-hydrogen) atoms. The number of carbonyl (C=O) groups excluding carboxylic acids is 1. The highest BCUT2D eigenvalue weighted by molar-refractivity contribution is 9.10. The molecule has 0 radical (unpaired) electrons. The Kier molecular flexibility index (Phi) is 3.85. The number of rotatable bonds is 3. The monoisotopic (exact) mass is 396 g/mol. The first kappa shape index (κ1) is 15.6. The lowest BCUT2D eigenvalue weighted by molar-refractivity contribution is 0.102. The Balaban J connectivity index is 1.64. The Hall–Kier alpha value is -2.93. The largest absolute Gasteiger partial charge is 0.423 e. The zero-order valence-electron chi connectivity index (χ0n) is 13.2. The quantitative estimate of drug-likeness (QED) is 0.532. The molecule has 0 saturated carbocycles. The fourth-order valence-corrected chi connectivity index (χ4v) is 2.96. The first-order valence-electron chi connectivity index (χ1n) is 7.57. The summed E-state index contributed by atoms with van der Waals surface area (Å²) in [6.07, 6.45) is 1.27. The van der Waals surface area contributed by atoms with E-state index in [4.69, 9.17) is 4.42 Å². The van der Waals surface area contributed by atoms with Crippen LogP contribution in [0.4, 0.5) is 5.69 Å². The number of amides is 1. The Morgan fingerprint density at radius 2 is 2.08 bits per heavy atom. The summed E-state index contributed by atoms with van der Waals surface area (Å²) >= 11 is 3.43. The predicted molar refractivity (Wildman–Crippen MR) is 98.4 cm³/mol. The third-order valence-corrected chi connectivity index (χ3v) is 4.42. The maximum absolute atomic E-state index is 12.6. The van der Waals surface area contributed by atoms with Gasteiger partial charge in [0.05, 0.1) is 0 Å². The maximum Gasteiger partial charge on any atom is 0.272 e. The van der Waals surface area contributed by atoms with Crippen LogP contribution in [0.25, 0.3) is 22.4 Å². The molecule has 124 valence electrons. The van der Waals surface area contributed by atoms with Crippen LogP contribution < -0.4 is 5.32 Å². The van der Waals surface area contributed by atoms with Crippen molar-refractivity contribution in [1.82, 2.24) is 15.2 Å². The van der Waals surface area contributed by atoms with Crippen LogP contribution in [0, 0.1) is 6.92 Å². The third-order valence-electron chi connectivity index (χ3n) is 3.92. The smallest absolute Gasteiger partial charge is 0.272 e. The Labute approximate surface area is 151 Å². The van der Waals surface area contributed by atoms with Crippen LogP contribution in [-0.2, 0) is 0 Å². The van der Waals surface area contributed by atoms with E-state index in [2.05, 4.69) is 36.4 Å². The second-order valence-electron chi connectivity index (χ2n) is 5.64. The van der Waals surface area contributed by atoms with Crippen LogP contribution in [0.15, 0.2) is 57.7 Å². The molecule has 0 atom stereocenters. The van der Waals surface area contributed by atoms with E-state index in [0.717, 1.165) is 26.5 Å². The van der Waals surface area contributed by atoms with E-state index in [0.29, 0.717) is 17.3 Å². The lowest BCUT2D eigenvalue weighted by atomic mass is 10.1. The molecule has 2 N–H and O–H groups in total. The summed E-state index contributed by atoms with van der Waals surface area (Å²) in [5.74, 6) is 0.198. The summed E-state index contributed by atoms with van der Waals surface area (Å²) in [6, 6.07) is 13.3. The van der Waals surface area contributed by atoms with Gasteiger partial charge in [-0.25, -0.2) is 0 Å². The van der Waals surface area contributed by atoms with Gasteiger partial charge in [-0.15, -0.1) is 10.2 Å². The van der Waals surface area contributed by atoms with Crippen molar-refractivity contribution in [2.24, 2.45) is 0 Å². The molecule has 7 heteroatoms. The molecule has 0 aliphatic rings. The van der Waals surface area contributed by atoms with Crippen molar-refractivity contribution in [3.63, 3.8) is 0 Å². The van der Waals surface area contributed by atoms with Crippen LogP contribution in [0.5, 0.6) is 0 Å². The highest BCUT2D eigenvalue weighted by atomic mass is 79.9. The Morgan fingerprint density at radius 1 is 1.20 bits per heavy atom. The van der Waals surface area contributed by atoms with Crippen molar-refractivity contribution < 1.29 is 9.21 Å². The summed E-state index contributed by atoms with van der Waals surface area (Å²) < 4.78 is 6.17. The average molecular weight is 397 g/mol. The van der Waals surface area contributed by atoms with E-state index in [9.17, 15) is 4.79 Å². The molecule has 6 nitrogen and oxygen atoms in total. The number of aromatic amines is 1. The lowest BCUT2D eigenvalue weighted by Gasteiger charge is -2.08. The molecule has 0 aliphatic heterocycles. The third kappa shape index (κ3) is 3.06. The summed E-state index contributed by atoms with van der Waals surface area (Å²) in [5, 5.41) is 11.5. The normalized spacial score (nSPS) is 11.0. The van der Waals surface area contributed by atoms with Crippen molar-refractivity contribution in [2.45, 2.75) is 6.92 Å². The second kappa shape index (κ2) is 6.18. The number of H-pyrrole nitrogens is 1. The molecule has 0 spiro atoms. The van der Waals surface area contributed by atoms with Gasteiger partial charge in [-0.1, -0.05) is 28.1 Å². The molecule has 1 amide bonds. The van der Waals surface area contributed by atoms with Gasteiger partial charge in [-0.3, -0.25) is 4.79 Å². The summed E-state index contributed by atoms with van der Waals surface area (Å²) in [4.78, 5) is 15.7. The van der Waals surface area contributed by atoms with Gasteiger partial charge in [0, 0.05) is 26.6 Å². The Morgan fingerprint density at radius 3 is 2.88 bits per heavy atom. The van der Waals surface area contributed by atoms with Crippen LogP contribution in [0.1, 0.15) is 16.1 Å². The van der Waals surface area contributed by atoms with E-state index in [-0.39, 0.29) is 5.91 Å². The fraction of sp³-hybridized carbons (Fsp3) is 0.0556. The Bertz CT molecular complexity index is 1070. The highest BCUT2D eigenvalue weighted by Gasteiger charge is 2.13. The molecule has 2 aromatic carbocycles. The SMILES string of the molecule is Cc1ccc(-c2nnco2)cc1NC(=O)c1cc2ccc(Br)cc2[nH]1.